The van der Waals surface area contributed by atoms with Gasteiger partial charge in [-0.1, -0.05) is 113 Å². The number of hydrogen-bond acceptors (Lipinski definition) is 2. The van der Waals surface area contributed by atoms with Crippen molar-refractivity contribution in [2.75, 3.05) is 0 Å². The Kier molecular flexibility index (Phi) is 6.32. The molecule has 1 aliphatic heterocycles. The van der Waals surface area contributed by atoms with Crippen molar-refractivity contribution >= 4 is 13.4 Å². The number of rotatable bonds is 5. The molecule has 3 heterocycles. The van der Waals surface area contributed by atoms with E-state index in [0.29, 0.717) is 0 Å². The van der Waals surface area contributed by atoms with E-state index in [1.165, 1.54) is 24.7 Å². The standard InChI is InChI=1S/C33H35N4P/c1-32(2)22-14-23-33(3,4)38(32)28-21-24-34-37(28)31-29(25-15-8-5-9-16-25)35-36(27-19-12-7-13-20-27)30(31)26-17-10-6-11-18-26/h5-13,15-21,24H,14,22-23H2,1-4H3. The second-order valence-electron chi connectivity index (χ2n) is 11.4. The Hall–Kier alpha value is -3.49. The molecule has 0 unspecified atom stereocenters. The van der Waals surface area contributed by atoms with E-state index in [2.05, 4.69) is 134 Å². The molecule has 38 heavy (non-hydrogen) atoms. The van der Waals surface area contributed by atoms with E-state index in [0.717, 1.165) is 33.9 Å². The van der Waals surface area contributed by atoms with Crippen LogP contribution in [0.3, 0.4) is 0 Å². The van der Waals surface area contributed by atoms with Crippen LogP contribution >= 0.6 is 7.92 Å². The maximum atomic E-state index is 5.30. The summed E-state index contributed by atoms with van der Waals surface area (Å²) < 4.78 is 4.33. The fourth-order valence-corrected chi connectivity index (χ4v) is 10.5. The van der Waals surface area contributed by atoms with Crippen LogP contribution in [0.15, 0.2) is 103 Å². The average Bonchev–Trinajstić information content (AvgIpc) is 3.54. The minimum Gasteiger partial charge on any atom is -0.230 e. The van der Waals surface area contributed by atoms with Crippen molar-refractivity contribution in [2.45, 2.75) is 57.3 Å². The van der Waals surface area contributed by atoms with Crippen molar-refractivity contribution < 1.29 is 0 Å². The second-order valence-corrected chi connectivity index (χ2v) is 15.0. The molecule has 5 heteroatoms. The van der Waals surface area contributed by atoms with E-state index in [4.69, 9.17) is 10.2 Å². The number of nitrogens with zero attached hydrogens (tertiary/aromatic N) is 4. The molecule has 1 saturated heterocycles. The van der Waals surface area contributed by atoms with E-state index in [1.54, 1.807) is 0 Å². The number of hydrogen-bond donors (Lipinski definition) is 0. The second kappa shape index (κ2) is 9.67. The molecular weight excluding hydrogens is 483 g/mol. The van der Waals surface area contributed by atoms with Gasteiger partial charge in [-0.15, -0.1) is 0 Å². The van der Waals surface area contributed by atoms with Gasteiger partial charge in [0.25, 0.3) is 0 Å². The molecule has 0 atom stereocenters. The number of para-hydroxylation sites is 1. The largest absolute Gasteiger partial charge is 0.230 e. The lowest BCUT2D eigenvalue weighted by Gasteiger charge is -2.49. The predicted octanol–water partition coefficient (Wildman–Crippen LogP) is 8.24. The number of benzene rings is 3. The van der Waals surface area contributed by atoms with Crippen LogP contribution in [0.1, 0.15) is 47.0 Å². The fraction of sp³-hybridized carbons (Fsp3) is 0.273. The highest BCUT2D eigenvalue weighted by Gasteiger charge is 2.46. The Balaban J connectivity index is 1.69. The molecule has 0 aliphatic carbocycles. The monoisotopic (exact) mass is 518 g/mol. The Morgan fingerprint density at radius 2 is 1.21 bits per heavy atom. The summed E-state index contributed by atoms with van der Waals surface area (Å²) in [6.07, 6.45) is 5.76. The average molecular weight is 519 g/mol. The SMILES string of the molecule is CC1(C)CCCC(C)(C)P1c1ccnn1-c1c(-c2ccccc2)nn(-c2ccccc2)c1-c1ccccc1. The van der Waals surface area contributed by atoms with Gasteiger partial charge in [0.05, 0.1) is 17.3 Å². The maximum absolute atomic E-state index is 5.30. The summed E-state index contributed by atoms with van der Waals surface area (Å²) >= 11 is 0. The minimum atomic E-state index is -0.505. The molecule has 0 bridgehead atoms. The molecule has 0 radical (unpaired) electrons. The van der Waals surface area contributed by atoms with Gasteiger partial charge in [-0.05, 0) is 49.3 Å². The van der Waals surface area contributed by atoms with Gasteiger partial charge in [-0.3, -0.25) is 0 Å². The third-order valence-corrected chi connectivity index (χ3v) is 11.5. The van der Waals surface area contributed by atoms with Gasteiger partial charge in [0.2, 0.25) is 0 Å². The molecule has 2 aromatic heterocycles. The van der Waals surface area contributed by atoms with Crippen LogP contribution in [0, 0.1) is 0 Å². The molecule has 1 aliphatic rings. The van der Waals surface area contributed by atoms with E-state index >= 15 is 0 Å². The van der Waals surface area contributed by atoms with Gasteiger partial charge in [-0.25, -0.2) is 9.36 Å². The molecule has 6 rings (SSSR count). The number of aromatic nitrogens is 4. The van der Waals surface area contributed by atoms with E-state index in [9.17, 15) is 0 Å². The molecular formula is C33H35N4P. The first kappa shape index (κ1) is 24.8. The summed E-state index contributed by atoms with van der Waals surface area (Å²) in [5.74, 6) is 0. The molecule has 0 spiro atoms. The maximum Gasteiger partial charge on any atom is 0.120 e. The van der Waals surface area contributed by atoms with Crippen LogP contribution in [0.4, 0.5) is 0 Å². The summed E-state index contributed by atoms with van der Waals surface area (Å²) in [5, 5.41) is 10.8. The van der Waals surface area contributed by atoms with E-state index < -0.39 is 7.92 Å². The quantitative estimate of drug-likeness (QED) is 0.220. The molecule has 0 N–H and O–H groups in total. The highest BCUT2D eigenvalue weighted by atomic mass is 31.1. The smallest absolute Gasteiger partial charge is 0.120 e. The van der Waals surface area contributed by atoms with Gasteiger partial charge in [0.1, 0.15) is 17.1 Å². The zero-order chi connectivity index (χ0) is 26.3. The Bertz CT molecular complexity index is 1520. The molecule has 192 valence electrons. The first-order chi connectivity index (χ1) is 18.4. The lowest BCUT2D eigenvalue weighted by atomic mass is 9.98. The van der Waals surface area contributed by atoms with Gasteiger partial charge in [0.15, 0.2) is 0 Å². The van der Waals surface area contributed by atoms with Crippen LogP contribution in [0.5, 0.6) is 0 Å². The molecule has 4 nitrogen and oxygen atoms in total. The van der Waals surface area contributed by atoms with Crippen LogP contribution in [0.25, 0.3) is 33.9 Å². The van der Waals surface area contributed by atoms with Crippen molar-refractivity contribution in [1.29, 1.82) is 0 Å². The predicted molar refractivity (Wildman–Crippen MR) is 160 cm³/mol. The normalized spacial score (nSPS) is 16.9. The van der Waals surface area contributed by atoms with Crippen molar-refractivity contribution in [3.8, 4) is 33.9 Å². The molecule has 0 saturated carbocycles. The lowest BCUT2D eigenvalue weighted by Crippen LogP contribution is -2.41. The summed E-state index contributed by atoms with van der Waals surface area (Å²) in [5.41, 5.74) is 7.63. The molecule has 1 fully saturated rings. The third kappa shape index (κ3) is 4.31. The van der Waals surface area contributed by atoms with Crippen LogP contribution < -0.4 is 5.44 Å². The summed E-state index contributed by atoms with van der Waals surface area (Å²) in [6.45, 7) is 9.84. The fourth-order valence-electron chi connectivity index (χ4n) is 6.27. The Morgan fingerprint density at radius 3 is 1.82 bits per heavy atom. The first-order valence-electron chi connectivity index (χ1n) is 13.5. The Morgan fingerprint density at radius 1 is 0.658 bits per heavy atom. The van der Waals surface area contributed by atoms with Crippen LogP contribution in [0.2, 0.25) is 0 Å². The van der Waals surface area contributed by atoms with Crippen molar-refractivity contribution in [3.05, 3.63) is 103 Å². The highest BCUT2D eigenvalue weighted by molar-refractivity contribution is 7.68. The zero-order valence-electron chi connectivity index (χ0n) is 22.7. The van der Waals surface area contributed by atoms with Crippen molar-refractivity contribution in [3.63, 3.8) is 0 Å². The van der Waals surface area contributed by atoms with Crippen molar-refractivity contribution in [1.82, 2.24) is 19.6 Å². The first-order valence-corrected chi connectivity index (χ1v) is 14.8. The highest BCUT2D eigenvalue weighted by Crippen LogP contribution is 2.65. The zero-order valence-corrected chi connectivity index (χ0v) is 23.6. The van der Waals surface area contributed by atoms with Gasteiger partial charge < -0.3 is 0 Å². The minimum absolute atomic E-state index is 0.226. The van der Waals surface area contributed by atoms with Crippen LogP contribution in [-0.2, 0) is 0 Å². The van der Waals surface area contributed by atoms with Crippen molar-refractivity contribution in [2.24, 2.45) is 0 Å². The molecule has 3 aromatic carbocycles. The lowest BCUT2D eigenvalue weighted by molar-refractivity contribution is 0.470. The Labute approximate surface area is 227 Å². The molecule has 5 aromatic rings. The van der Waals surface area contributed by atoms with Gasteiger partial charge >= 0.3 is 0 Å². The summed E-state index contributed by atoms with van der Waals surface area (Å²) in [4.78, 5) is 0. The van der Waals surface area contributed by atoms with E-state index in [1.807, 2.05) is 6.20 Å². The van der Waals surface area contributed by atoms with Crippen LogP contribution in [-0.4, -0.2) is 29.9 Å². The summed E-state index contributed by atoms with van der Waals surface area (Å²) in [6, 6.07) is 33.9. The summed E-state index contributed by atoms with van der Waals surface area (Å²) in [7, 11) is -0.505. The molecule has 0 amide bonds. The van der Waals surface area contributed by atoms with Gasteiger partial charge in [0, 0.05) is 11.1 Å². The topological polar surface area (TPSA) is 35.6 Å². The van der Waals surface area contributed by atoms with E-state index in [-0.39, 0.29) is 10.3 Å². The van der Waals surface area contributed by atoms with Gasteiger partial charge in [-0.2, -0.15) is 10.2 Å². The third-order valence-electron chi connectivity index (χ3n) is 7.81.